The maximum Gasteiger partial charge on any atom is 0.349 e. The van der Waals surface area contributed by atoms with Crippen molar-refractivity contribution >= 4 is 99.0 Å². The molecule has 18 heteroatoms. The Morgan fingerprint density at radius 1 is 0.345 bits per heavy atom. The van der Waals surface area contributed by atoms with Crippen LogP contribution in [0.15, 0.2) is 245 Å². The minimum Gasteiger partial charge on any atom is -0.478 e. The van der Waals surface area contributed by atoms with Crippen molar-refractivity contribution in [2.24, 2.45) is 0 Å². The molecule has 9 aromatic carbocycles. The molecule has 426 valence electrons. The number of nitrogens with zero attached hydrogens (tertiary/aromatic N) is 3. The van der Waals surface area contributed by atoms with Gasteiger partial charge in [-0.05, 0) is 91.0 Å². The fraction of sp³-hybridized carbons (Fsp3) is 0.0909. The van der Waals surface area contributed by atoms with Crippen LogP contribution < -0.4 is 14.2 Å². The minimum atomic E-state index is -1.14. The summed E-state index contributed by atoms with van der Waals surface area (Å²) in [5.74, 6) is -1.00. The van der Waals surface area contributed by atoms with Crippen LogP contribution in [0.3, 0.4) is 0 Å². The van der Waals surface area contributed by atoms with Crippen molar-refractivity contribution in [2.45, 2.75) is 40.6 Å². The van der Waals surface area contributed by atoms with Crippen LogP contribution in [0.2, 0.25) is 0 Å². The number of fused-ring (bicyclic) bond motifs is 3. The Morgan fingerprint density at radius 2 is 0.583 bits per heavy atom. The van der Waals surface area contributed by atoms with Crippen LogP contribution in [0.5, 0.6) is 17.2 Å². The zero-order chi connectivity index (χ0) is 56.4. The van der Waals surface area contributed by atoms with Crippen LogP contribution in [0, 0.1) is 0 Å². The first kappa shape index (κ1) is 62.2. The zero-order valence-corrected chi connectivity index (χ0v) is 46.8. The molecule has 15 nitrogen and oxygen atoms in total. The average Bonchev–Trinajstić information content (AvgIpc) is 3.53. The Balaban J connectivity index is 0.000000178. The summed E-state index contributed by atoms with van der Waals surface area (Å²) in [6.07, 6.45) is -3.43. The lowest BCUT2D eigenvalue weighted by atomic mass is 10.1. The summed E-state index contributed by atoms with van der Waals surface area (Å²) in [5.41, 5.74) is 7.48. The van der Waals surface area contributed by atoms with Crippen molar-refractivity contribution < 1.29 is 57.2 Å². The summed E-state index contributed by atoms with van der Waals surface area (Å²) in [4.78, 5) is 48.8. The maximum absolute atomic E-state index is 11.8. The second-order valence-electron chi connectivity index (χ2n) is 17.6. The van der Waals surface area contributed by atoms with Gasteiger partial charge in [-0.3, -0.25) is 0 Å². The van der Waals surface area contributed by atoms with Crippen LogP contribution in [-0.2, 0) is 14.4 Å². The number of carboxylic acid groups (broad SMARTS) is 3. The minimum absolute atomic E-state index is 0. The van der Waals surface area contributed by atoms with Crippen molar-refractivity contribution in [1.82, 2.24) is 15.0 Å². The van der Waals surface area contributed by atoms with Gasteiger partial charge in [-0.15, -0.1) is 0 Å². The maximum atomic E-state index is 11.8. The molecule has 0 saturated carbocycles. The summed E-state index contributed by atoms with van der Waals surface area (Å²) >= 11 is 10.3. The van der Waals surface area contributed by atoms with E-state index in [0.29, 0.717) is 85.1 Å². The first-order valence-electron chi connectivity index (χ1n) is 24.6. The average molecular weight is 1320 g/mol. The normalized spacial score (nSPS) is 11.6. The third-order valence-corrected chi connectivity index (χ3v) is 13.6. The highest BCUT2D eigenvalue weighted by Crippen LogP contribution is 2.40. The van der Waals surface area contributed by atoms with E-state index in [-0.39, 0.29) is 22.3 Å². The Labute approximate surface area is 508 Å². The monoisotopic (exact) mass is 1320 g/mol. The number of carboxylic acids is 3. The van der Waals surface area contributed by atoms with Crippen LogP contribution in [-0.4, -0.2) is 48.2 Å². The van der Waals surface area contributed by atoms with Gasteiger partial charge in [-0.2, -0.15) is 0 Å². The SMILES string of the molecule is C.C.C.O=C(O)C(Oc1ccc(Br)cc1-c1nc2ccccc2o1)c1ccccc1.O=C(O)C(Oc1ccc(Br)cc1-c1nc2ccccc2o1)c1ccccc1.O=C(O)C(Oc1ccc(Br)cc1-c1nc2ccccc2o1)c1ccccc1. The third-order valence-electron chi connectivity index (χ3n) is 12.1. The molecular formula is C66H54Br3N3O12. The van der Waals surface area contributed by atoms with Gasteiger partial charge in [0.15, 0.2) is 16.7 Å². The van der Waals surface area contributed by atoms with E-state index in [9.17, 15) is 29.7 Å². The van der Waals surface area contributed by atoms with Crippen LogP contribution >= 0.6 is 47.8 Å². The highest BCUT2D eigenvalue weighted by molar-refractivity contribution is 9.11. The molecule has 3 N–H and O–H groups in total. The highest BCUT2D eigenvalue weighted by atomic mass is 79.9. The van der Waals surface area contributed by atoms with Crippen LogP contribution in [0.4, 0.5) is 0 Å². The molecule has 0 fully saturated rings. The zero-order valence-electron chi connectivity index (χ0n) is 42.0. The van der Waals surface area contributed by atoms with E-state index in [2.05, 4.69) is 62.7 Å². The molecule has 0 aliphatic carbocycles. The molecule has 12 aromatic rings. The lowest BCUT2D eigenvalue weighted by Crippen LogP contribution is -2.18. The molecule has 3 unspecified atom stereocenters. The molecular weight excluding hydrogens is 1270 g/mol. The van der Waals surface area contributed by atoms with Crippen molar-refractivity contribution in [1.29, 1.82) is 0 Å². The molecule has 3 aromatic heterocycles. The predicted molar refractivity (Wildman–Crippen MR) is 334 cm³/mol. The molecule has 0 amide bonds. The number of rotatable bonds is 15. The number of para-hydroxylation sites is 6. The summed E-state index contributed by atoms with van der Waals surface area (Å²) in [6.45, 7) is 0. The van der Waals surface area contributed by atoms with Gasteiger partial charge in [0, 0.05) is 30.1 Å². The number of ether oxygens (including phenoxy) is 3. The van der Waals surface area contributed by atoms with E-state index in [1.165, 1.54) is 0 Å². The molecule has 3 atom stereocenters. The Hall–Kier alpha value is -9.36. The number of hydrogen-bond donors (Lipinski definition) is 3. The van der Waals surface area contributed by atoms with Crippen LogP contribution in [0.1, 0.15) is 57.3 Å². The van der Waals surface area contributed by atoms with Crippen molar-refractivity contribution in [3.05, 3.63) is 248 Å². The fourth-order valence-electron chi connectivity index (χ4n) is 8.33. The lowest BCUT2D eigenvalue weighted by molar-refractivity contribution is -0.146. The Morgan fingerprint density at radius 3 is 0.821 bits per heavy atom. The van der Waals surface area contributed by atoms with Crippen molar-refractivity contribution in [2.75, 3.05) is 0 Å². The highest BCUT2D eigenvalue weighted by Gasteiger charge is 2.28. The van der Waals surface area contributed by atoms with Gasteiger partial charge in [0.1, 0.15) is 33.8 Å². The predicted octanol–water partition coefficient (Wildman–Crippen LogP) is 18.3. The van der Waals surface area contributed by atoms with Gasteiger partial charge in [0.25, 0.3) is 0 Å². The van der Waals surface area contributed by atoms with Gasteiger partial charge >= 0.3 is 17.9 Å². The second kappa shape index (κ2) is 28.6. The molecule has 3 heterocycles. The topological polar surface area (TPSA) is 218 Å². The van der Waals surface area contributed by atoms with Crippen LogP contribution in [0.25, 0.3) is 67.7 Å². The number of aliphatic carboxylic acids is 3. The number of carbonyl (C=O) groups is 3. The van der Waals surface area contributed by atoms with Crippen molar-refractivity contribution in [3.63, 3.8) is 0 Å². The number of oxazole rings is 3. The van der Waals surface area contributed by atoms with E-state index >= 15 is 0 Å². The second-order valence-corrected chi connectivity index (χ2v) is 20.4. The van der Waals surface area contributed by atoms with Gasteiger partial charge in [0.2, 0.25) is 36.0 Å². The summed E-state index contributed by atoms with van der Waals surface area (Å²) in [6, 6.07) is 64.6. The molecule has 0 radical (unpaired) electrons. The Kier molecular flexibility index (Phi) is 21.2. The van der Waals surface area contributed by atoms with Crippen molar-refractivity contribution in [3.8, 4) is 51.6 Å². The lowest BCUT2D eigenvalue weighted by Gasteiger charge is -2.17. The third kappa shape index (κ3) is 14.8. The number of halogens is 3. The molecule has 84 heavy (non-hydrogen) atoms. The number of benzene rings is 9. The largest absolute Gasteiger partial charge is 0.478 e. The standard InChI is InChI=1S/3C21H14BrNO4.3CH4/c3*22-14-10-11-17(26-19(21(24)25)13-6-2-1-3-7-13)15(12-14)20-23-16-8-4-5-9-18(16)27-20;;;/h3*1-12,19H,(H,24,25);3*1H4. The fourth-order valence-corrected chi connectivity index (χ4v) is 9.41. The van der Waals surface area contributed by atoms with Gasteiger partial charge in [-0.1, -0.05) is 197 Å². The van der Waals surface area contributed by atoms with E-state index in [1.54, 1.807) is 127 Å². The molecule has 0 saturated heterocycles. The molecule has 12 rings (SSSR count). The number of hydrogen-bond acceptors (Lipinski definition) is 12. The molecule has 0 bridgehead atoms. The van der Waals surface area contributed by atoms with E-state index in [1.807, 2.05) is 91.0 Å². The quantitative estimate of drug-likeness (QED) is 0.0869. The Bertz CT molecular complexity index is 3650. The first-order chi connectivity index (χ1) is 39.3. The van der Waals surface area contributed by atoms with Gasteiger partial charge < -0.3 is 42.8 Å². The van der Waals surface area contributed by atoms with Gasteiger partial charge in [0.05, 0.1) is 16.7 Å². The molecule has 0 aliphatic rings. The summed E-state index contributed by atoms with van der Waals surface area (Å²) in [5, 5.41) is 28.9. The van der Waals surface area contributed by atoms with Gasteiger partial charge in [-0.25, -0.2) is 29.3 Å². The first-order valence-corrected chi connectivity index (χ1v) is 27.0. The molecule has 0 spiro atoms. The number of aromatic nitrogens is 3. The smallest absolute Gasteiger partial charge is 0.349 e. The summed E-state index contributed by atoms with van der Waals surface area (Å²) < 4.78 is 37.6. The molecule has 0 aliphatic heterocycles. The summed E-state index contributed by atoms with van der Waals surface area (Å²) in [7, 11) is 0. The van der Waals surface area contributed by atoms with E-state index < -0.39 is 36.2 Å². The van der Waals surface area contributed by atoms with E-state index in [4.69, 9.17) is 27.5 Å². The van der Waals surface area contributed by atoms with E-state index in [0.717, 1.165) is 30.0 Å².